The summed E-state index contributed by atoms with van der Waals surface area (Å²) >= 11 is 0. The molecule has 0 saturated carbocycles. The Labute approximate surface area is 103 Å². The van der Waals surface area contributed by atoms with Crippen LogP contribution in [0, 0.1) is 0 Å². The molecule has 0 fully saturated rings. The van der Waals surface area contributed by atoms with Gasteiger partial charge in [-0.2, -0.15) is 4.31 Å². The minimum atomic E-state index is -3.46. The summed E-state index contributed by atoms with van der Waals surface area (Å²) in [6.45, 7) is 6.17. The Morgan fingerprint density at radius 3 is 2.47 bits per heavy atom. The molecule has 1 heterocycles. The maximum absolute atomic E-state index is 12.3. The largest absolute Gasteiger partial charge is 0.384 e. The minimum Gasteiger partial charge on any atom is -0.384 e. The molecule has 0 amide bonds. The number of pyridine rings is 1. The average Bonchev–Trinajstić information content (AvgIpc) is 2.25. The monoisotopic (exact) mass is 257 g/mol. The van der Waals surface area contributed by atoms with Crippen LogP contribution in [-0.2, 0) is 10.0 Å². The summed E-state index contributed by atoms with van der Waals surface area (Å²) < 4.78 is 26.1. The number of nitrogen functional groups attached to an aromatic ring is 1. The fourth-order valence-electron chi connectivity index (χ4n) is 1.56. The molecule has 0 aromatic carbocycles. The van der Waals surface area contributed by atoms with Crippen molar-refractivity contribution in [1.82, 2.24) is 9.29 Å². The van der Waals surface area contributed by atoms with Crippen molar-refractivity contribution in [3.63, 3.8) is 0 Å². The van der Waals surface area contributed by atoms with E-state index in [4.69, 9.17) is 5.73 Å². The van der Waals surface area contributed by atoms with Gasteiger partial charge in [-0.15, -0.1) is 0 Å². The van der Waals surface area contributed by atoms with Crippen LogP contribution in [0.25, 0.3) is 0 Å². The van der Waals surface area contributed by atoms with Crippen LogP contribution < -0.4 is 5.73 Å². The third kappa shape index (κ3) is 3.17. The predicted octanol–water partition coefficient (Wildman–Crippen LogP) is 1.47. The molecule has 1 aromatic rings. The smallest absolute Gasteiger partial charge is 0.244 e. The van der Waals surface area contributed by atoms with Gasteiger partial charge in [-0.1, -0.05) is 6.92 Å². The van der Waals surface area contributed by atoms with Crippen LogP contribution in [0.3, 0.4) is 0 Å². The Morgan fingerprint density at radius 1 is 1.41 bits per heavy atom. The summed E-state index contributed by atoms with van der Waals surface area (Å²) in [4.78, 5) is 4.01. The van der Waals surface area contributed by atoms with E-state index in [1.807, 2.05) is 20.8 Å². The van der Waals surface area contributed by atoms with E-state index in [-0.39, 0.29) is 10.9 Å². The van der Waals surface area contributed by atoms with E-state index in [9.17, 15) is 8.42 Å². The quantitative estimate of drug-likeness (QED) is 0.866. The molecule has 5 nitrogen and oxygen atoms in total. The van der Waals surface area contributed by atoms with Gasteiger partial charge in [0.1, 0.15) is 10.7 Å². The highest BCUT2D eigenvalue weighted by Gasteiger charge is 2.26. The van der Waals surface area contributed by atoms with E-state index in [0.29, 0.717) is 12.4 Å². The van der Waals surface area contributed by atoms with Crippen LogP contribution in [0.4, 0.5) is 5.82 Å². The standard InChI is InChI=1S/C11H19N3O2S/c1-4-7-14(9(2)3)17(15,16)10-5-6-11(12)13-8-10/h5-6,8-9H,4,7H2,1-3H3,(H2,12,13). The molecule has 2 N–H and O–H groups in total. The second kappa shape index (κ2) is 5.46. The van der Waals surface area contributed by atoms with Gasteiger partial charge in [0.05, 0.1) is 0 Å². The van der Waals surface area contributed by atoms with Crippen LogP contribution in [0.2, 0.25) is 0 Å². The van der Waals surface area contributed by atoms with Gasteiger partial charge in [0.15, 0.2) is 0 Å². The van der Waals surface area contributed by atoms with Crippen LogP contribution in [0.5, 0.6) is 0 Å². The number of sulfonamides is 1. The van der Waals surface area contributed by atoms with Crippen molar-refractivity contribution in [2.75, 3.05) is 12.3 Å². The molecule has 0 aliphatic heterocycles. The van der Waals surface area contributed by atoms with Gasteiger partial charge in [-0.25, -0.2) is 13.4 Å². The highest BCUT2D eigenvalue weighted by atomic mass is 32.2. The molecule has 1 aromatic heterocycles. The van der Waals surface area contributed by atoms with Gasteiger partial charge in [0, 0.05) is 18.8 Å². The Balaban J connectivity index is 3.12. The van der Waals surface area contributed by atoms with Crippen molar-refractivity contribution in [2.24, 2.45) is 0 Å². The van der Waals surface area contributed by atoms with Gasteiger partial charge in [-0.05, 0) is 32.4 Å². The number of nitrogens with two attached hydrogens (primary N) is 1. The van der Waals surface area contributed by atoms with E-state index >= 15 is 0 Å². The third-order valence-electron chi connectivity index (χ3n) is 2.39. The normalized spacial score (nSPS) is 12.3. The molecule has 0 bridgehead atoms. The summed E-state index contributed by atoms with van der Waals surface area (Å²) in [6.07, 6.45) is 2.08. The first-order valence-electron chi connectivity index (χ1n) is 5.63. The van der Waals surface area contributed by atoms with Crippen LogP contribution in [0.1, 0.15) is 27.2 Å². The van der Waals surface area contributed by atoms with E-state index in [2.05, 4.69) is 4.98 Å². The van der Waals surface area contributed by atoms with Crippen molar-refractivity contribution in [2.45, 2.75) is 38.1 Å². The van der Waals surface area contributed by atoms with Gasteiger partial charge in [0.25, 0.3) is 0 Å². The first-order chi connectivity index (χ1) is 7.89. The zero-order valence-electron chi connectivity index (χ0n) is 10.4. The lowest BCUT2D eigenvalue weighted by Crippen LogP contribution is -2.37. The molecule has 17 heavy (non-hydrogen) atoms. The van der Waals surface area contributed by atoms with E-state index in [1.54, 1.807) is 0 Å². The summed E-state index contributed by atoms with van der Waals surface area (Å²) in [5.41, 5.74) is 5.44. The Hall–Kier alpha value is -1.14. The van der Waals surface area contributed by atoms with Crippen molar-refractivity contribution in [1.29, 1.82) is 0 Å². The number of anilines is 1. The molecule has 1 rings (SSSR count). The fourth-order valence-corrected chi connectivity index (χ4v) is 3.23. The summed E-state index contributed by atoms with van der Waals surface area (Å²) in [7, 11) is -3.46. The van der Waals surface area contributed by atoms with Crippen molar-refractivity contribution < 1.29 is 8.42 Å². The molecular weight excluding hydrogens is 238 g/mol. The van der Waals surface area contributed by atoms with E-state index in [1.165, 1.54) is 22.6 Å². The highest BCUT2D eigenvalue weighted by molar-refractivity contribution is 7.89. The number of hydrogen-bond donors (Lipinski definition) is 1. The lowest BCUT2D eigenvalue weighted by atomic mass is 10.4. The second-order valence-corrected chi connectivity index (χ2v) is 6.02. The average molecular weight is 257 g/mol. The number of hydrogen-bond acceptors (Lipinski definition) is 4. The van der Waals surface area contributed by atoms with Crippen molar-refractivity contribution in [3.05, 3.63) is 18.3 Å². The highest BCUT2D eigenvalue weighted by Crippen LogP contribution is 2.18. The lowest BCUT2D eigenvalue weighted by molar-refractivity contribution is 0.354. The maximum Gasteiger partial charge on any atom is 0.244 e. The van der Waals surface area contributed by atoms with Crippen LogP contribution >= 0.6 is 0 Å². The first-order valence-corrected chi connectivity index (χ1v) is 7.07. The SMILES string of the molecule is CCCN(C(C)C)S(=O)(=O)c1ccc(N)nc1. The van der Waals surface area contributed by atoms with Crippen LogP contribution in [0.15, 0.2) is 23.2 Å². The Kier molecular flexibility index (Phi) is 4.47. The first kappa shape index (κ1) is 13.9. The summed E-state index contributed by atoms with van der Waals surface area (Å²) in [5, 5.41) is 0. The molecule has 0 unspecified atom stereocenters. The lowest BCUT2D eigenvalue weighted by Gasteiger charge is -2.25. The Morgan fingerprint density at radius 2 is 2.06 bits per heavy atom. The van der Waals surface area contributed by atoms with Gasteiger partial charge in [-0.3, -0.25) is 0 Å². The Bertz CT molecular complexity index is 454. The molecule has 0 saturated heterocycles. The molecule has 0 atom stereocenters. The molecule has 0 aliphatic carbocycles. The second-order valence-electron chi connectivity index (χ2n) is 4.13. The maximum atomic E-state index is 12.3. The molecule has 96 valence electrons. The molecule has 6 heteroatoms. The fraction of sp³-hybridized carbons (Fsp3) is 0.545. The zero-order valence-corrected chi connectivity index (χ0v) is 11.2. The van der Waals surface area contributed by atoms with Crippen LogP contribution in [-0.4, -0.2) is 30.3 Å². The number of nitrogens with zero attached hydrogens (tertiary/aromatic N) is 2. The number of rotatable bonds is 5. The van der Waals surface area contributed by atoms with Crippen molar-refractivity contribution >= 4 is 15.8 Å². The zero-order chi connectivity index (χ0) is 13.1. The van der Waals surface area contributed by atoms with Gasteiger partial charge >= 0.3 is 0 Å². The summed E-state index contributed by atoms with van der Waals surface area (Å²) in [6, 6.07) is 2.91. The molecule has 0 radical (unpaired) electrons. The van der Waals surface area contributed by atoms with Gasteiger partial charge < -0.3 is 5.73 Å². The third-order valence-corrected chi connectivity index (χ3v) is 4.44. The molecule has 0 aliphatic rings. The van der Waals surface area contributed by atoms with E-state index in [0.717, 1.165) is 6.42 Å². The topological polar surface area (TPSA) is 76.3 Å². The molecular formula is C11H19N3O2S. The predicted molar refractivity (Wildman–Crippen MR) is 68.0 cm³/mol. The van der Waals surface area contributed by atoms with E-state index < -0.39 is 10.0 Å². The van der Waals surface area contributed by atoms with Crippen molar-refractivity contribution in [3.8, 4) is 0 Å². The molecule has 0 spiro atoms. The minimum absolute atomic E-state index is 0.0718. The summed E-state index contributed by atoms with van der Waals surface area (Å²) in [5.74, 6) is 0.315. The van der Waals surface area contributed by atoms with Gasteiger partial charge in [0.2, 0.25) is 10.0 Å². The number of aromatic nitrogens is 1.